The van der Waals surface area contributed by atoms with E-state index in [-0.39, 0.29) is 41.8 Å². The van der Waals surface area contributed by atoms with Crippen molar-refractivity contribution in [2.45, 2.75) is 70.5 Å². The number of carboxylic acids is 2. The standard InChI is InChI=1S/C21H28O5.C4H6O4/c1-19-7-5-13(23)9-12(19)3-4-14-15-6-8-21(26,17(25)11-22)20(15,2)10-16(24)18(14)19;5-3(6)1-2-4(7)8/h5,7,9,14-16,18,22,24,26H,3-4,6,8,10-11H2,1-2H3;1-2H2,(H,5,6)(H,7,8)/t14-,15-,16-,18+,19-,20-,21-;/m0./s1. The van der Waals surface area contributed by atoms with E-state index in [4.69, 9.17) is 10.2 Å². The zero-order chi connectivity index (χ0) is 25.5. The Labute approximate surface area is 198 Å². The number of aliphatic hydroxyl groups is 3. The van der Waals surface area contributed by atoms with Gasteiger partial charge in [0.25, 0.3) is 0 Å². The molecule has 188 valence electrons. The van der Waals surface area contributed by atoms with E-state index in [0.717, 1.165) is 24.8 Å². The van der Waals surface area contributed by atoms with Crippen molar-refractivity contribution in [1.82, 2.24) is 0 Å². The van der Waals surface area contributed by atoms with Gasteiger partial charge in [-0.25, -0.2) is 0 Å². The van der Waals surface area contributed by atoms with E-state index in [9.17, 15) is 34.5 Å². The van der Waals surface area contributed by atoms with Crippen LogP contribution < -0.4 is 0 Å². The summed E-state index contributed by atoms with van der Waals surface area (Å²) in [7, 11) is 0. The van der Waals surface area contributed by atoms with Gasteiger partial charge >= 0.3 is 11.9 Å². The summed E-state index contributed by atoms with van der Waals surface area (Å²) in [5, 5.41) is 47.5. The lowest BCUT2D eigenvalue weighted by Gasteiger charge is -2.59. The zero-order valence-electron chi connectivity index (χ0n) is 19.6. The van der Waals surface area contributed by atoms with Gasteiger partial charge in [0.2, 0.25) is 0 Å². The number of carboxylic acid groups (broad SMARTS) is 2. The summed E-state index contributed by atoms with van der Waals surface area (Å²) >= 11 is 0. The number of rotatable bonds is 5. The first-order valence-corrected chi connectivity index (χ1v) is 11.7. The molecule has 0 bridgehead atoms. The van der Waals surface area contributed by atoms with Crippen LogP contribution in [0.15, 0.2) is 23.8 Å². The third-order valence-electron chi connectivity index (χ3n) is 8.81. The van der Waals surface area contributed by atoms with Crippen LogP contribution in [0.1, 0.15) is 58.8 Å². The molecule has 5 N–H and O–H groups in total. The van der Waals surface area contributed by atoms with Crippen LogP contribution >= 0.6 is 0 Å². The van der Waals surface area contributed by atoms with Crippen molar-refractivity contribution in [2.75, 3.05) is 6.61 Å². The highest BCUT2D eigenvalue weighted by Crippen LogP contribution is 2.67. The minimum atomic E-state index is -1.56. The number of ketones is 2. The third-order valence-corrected chi connectivity index (χ3v) is 8.81. The molecule has 0 spiro atoms. The van der Waals surface area contributed by atoms with Crippen LogP contribution in [-0.4, -0.2) is 67.3 Å². The molecule has 0 radical (unpaired) electrons. The fourth-order valence-corrected chi connectivity index (χ4v) is 7.13. The highest BCUT2D eigenvalue weighted by Gasteiger charge is 2.67. The molecule has 3 saturated carbocycles. The van der Waals surface area contributed by atoms with Gasteiger partial charge in [-0.2, -0.15) is 0 Å². The van der Waals surface area contributed by atoms with Gasteiger partial charge in [0.1, 0.15) is 12.2 Å². The lowest BCUT2D eigenvalue weighted by atomic mass is 9.46. The summed E-state index contributed by atoms with van der Waals surface area (Å²) in [5.41, 5.74) is -1.54. The molecule has 9 heteroatoms. The summed E-state index contributed by atoms with van der Waals surface area (Å²) in [6, 6.07) is 0. The second-order valence-electron chi connectivity index (χ2n) is 10.5. The van der Waals surface area contributed by atoms with Crippen molar-refractivity contribution in [3.05, 3.63) is 23.8 Å². The molecule has 0 aliphatic heterocycles. The number of fused-ring (bicyclic) bond motifs is 5. The SMILES string of the molecule is C[C@]12C=CC(=O)C=C1CC[C@@H]1[C@@H]2[C@@H](O)C[C@@]2(C)[C@H]1CC[C@]2(O)C(=O)CO.O=C(O)CCC(=O)O. The van der Waals surface area contributed by atoms with E-state index in [1.54, 1.807) is 12.2 Å². The minimum absolute atomic E-state index is 0.00912. The van der Waals surface area contributed by atoms with Crippen LogP contribution in [0, 0.1) is 28.6 Å². The van der Waals surface area contributed by atoms with E-state index < -0.39 is 41.4 Å². The molecule has 0 heterocycles. The van der Waals surface area contributed by atoms with Crippen molar-refractivity contribution >= 4 is 23.5 Å². The van der Waals surface area contributed by atoms with E-state index >= 15 is 0 Å². The fourth-order valence-electron chi connectivity index (χ4n) is 7.13. The number of carbonyl (C=O) groups is 4. The molecular weight excluding hydrogens is 444 g/mol. The van der Waals surface area contributed by atoms with Gasteiger partial charge in [0, 0.05) is 16.7 Å². The van der Waals surface area contributed by atoms with Crippen molar-refractivity contribution in [2.24, 2.45) is 28.6 Å². The topological polar surface area (TPSA) is 169 Å². The number of carbonyl (C=O) groups excluding carboxylic acids is 2. The summed E-state index contributed by atoms with van der Waals surface area (Å²) in [5.74, 6) is -2.38. The Balaban J connectivity index is 0.000000350. The second-order valence-corrected chi connectivity index (χ2v) is 10.5. The largest absolute Gasteiger partial charge is 0.481 e. The molecule has 4 aliphatic rings. The maximum atomic E-state index is 12.4. The van der Waals surface area contributed by atoms with E-state index in [1.165, 1.54) is 0 Å². The zero-order valence-corrected chi connectivity index (χ0v) is 19.6. The number of hydrogen-bond donors (Lipinski definition) is 5. The Kier molecular flexibility index (Phi) is 7.22. The molecule has 7 atom stereocenters. The Morgan fingerprint density at radius 3 is 2.26 bits per heavy atom. The molecule has 0 aromatic carbocycles. The van der Waals surface area contributed by atoms with Crippen LogP contribution in [0.4, 0.5) is 0 Å². The number of aliphatic carboxylic acids is 2. The van der Waals surface area contributed by atoms with Gasteiger partial charge in [0.05, 0.1) is 18.9 Å². The fraction of sp³-hybridized carbons (Fsp3) is 0.680. The van der Waals surface area contributed by atoms with Crippen LogP contribution in [0.3, 0.4) is 0 Å². The van der Waals surface area contributed by atoms with Gasteiger partial charge in [-0.1, -0.05) is 25.5 Å². The number of allylic oxidation sites excluding steroid dienone is 4. The number of Topliss-reactive ketones (excluding diaryl/α,β-unsaturated/α-hetero) is 1. The average molecular weight is 479 g/mol. The maximum absolute atomic E-state index is 12.4. The van der Waals surface area contributed by atoms with Crippen molar-refractivity contribution in [3.63, 3.8) is 0 Å². The average Bonchev–Trinajstić information content (AvgIpc) is 3.03. The Bertz CT molecular complexity index is 923. The van der Waals surface area contributed by atoms with Crippen molar-refractivity contribution in [3.8, 4) is 0 Å². The molecule has 0 amide bonds. The second kappa shape index (κ2) is 9.36. The van der Waals surface area contributed by atoms with E-state index in [0.29, 0.717) is 12.8 Å². The summed E-state index contributed by atoms with van der Waals surface area (Å²) in [4.78, 5) is 43.4. The first-order valence-electron chi connectivity index (χ1n) is 11.7. The smallest absolute Gasteiger partial charge is 0.303 e. The first kappa shape index (κ1) is 26.2. The Hall–Kier alpha value is -2.36. The Morgan fingerprint density at radius 1 is 1.09 bits per heavy atom. The van der Waals surface area contributed by atoms with Crippen LogP contribution in [0.5, 0.6) is 0 Å². The highest BCUT2D eigenvalue weighted by molar-refractivity contribution is 6.01. The molecule has 0 saturated heterocycles. The summed E-state index contributed by atoms with van der Waals surface area (Å²) < 4.78 is 0. The molecule has 0 aromatic heterocycles. The van der Waals surface area contributed by atoms with Gasteiger partial charge in [-0.3, -0.25) is 19.2 Å². The monoisotopic (exact) mass is 478 g/mol. The normalized spacial score (nSPS) is 40.1. The maximum Gasteiger partial charge on any atom is 0.303 e. The summed E-state index contributed by atoms with van der Waals surface area (Å²) in [6.07, 6.45) is 7.09. The number of aliphatic hydroxyl groups excluding tert-OH is 2. The van der Waals surface area contributed by atoms with Crippen LogP contribution in [0.25, 0.3) is 0 Å². The van der Waals surface area contributed by atoms with Crippen molar-refractivity contribution in [1.29, 1.82) is 0 Å². The number of hydrogen-bond acceptors (Lipinski definition) is 7. The predicted molar refractivity (Wildman–Crippen MR) is 120 cm³/mol. The van der Waals surface area contributed by atoms with Crippen molar-refractivity contribution < 1.29 is 44.7 Å². The molecule has 0 aromatic rings. The molecular formula is C25H34O9. The minimum Gasteiger partial charge on any atom is -0.481 e. The highest BCUT2D eigenvalue weighted by atomic mass is 16.4. The van der Waals surface area contributed by atoms with E-state index in [2.05, 4.69) is 6.92 Å². The van der Waals surface area contributed by atoms with Crippen LogP contribution in [-0.2, 0) is 19.2 Å². The van der Waals surface area contributed by atoms with E-state index in [1.807, 2.05) is 13.0 Å². The van der Waals surface area contributed by atoms with Gasteiger partial charge < -0.3 is 25.5 Å². The quantitative estimate of drug-likeness (QED) is 0.393. The third kappa shape index (κ3) is 4.25. The lowest BCUT2D eigenvalue weighted by Crippen LogP contribution is -2.61. The molecule has 4 aliphatic carbocycles. The predicted octanol–water partition coefficient (Wildman–Crippen LogP) is 1.49. The molecule has 34 heavy (non-hydrogen) atoms. The Morgan fingerprint density at radius 2 is 1.71 bits per heavy atom. The molecule has 3 fully saturated rings. The molecule has 4 rings (SSSR count). The van der Waals surface area contributed by atoms with Gasteiger partial charge in [-0.15, -0.1) is 0 Å². The first-order chi connectivity index (χ1) is 15.8. The summed E-state index contributed by atoms with van der Waals surface area (Å²) in [6.45, 7) is 3.34. The van der Waals surface area contributed by atoms with Crippen LogP contribution in [0.2, 0.25) is 0 Å². The molecule has 9 nitrogen and oxygen atoms in total. The lowest BCUT2D eigenvalue weighted by molar-refractivity contribution is -0.178. The van der Waals surface area contributed by atoms with Gasteiger partial charge in [-0.05, 0) is 56.1 Å². The van der Waals surface area contributed by atoms with Gasteiger partial charge in [0.15, 0.2) is 11.6 Å². The molecule has 0 unspecified atom stereocenters.